The van der Waals surface area contributed by atoms with Crippen LogP contribution in [0.2, 0.25) is 0 Å². The summed E-state index contributed by atoms with van der Waals surface area (Å²) in [7, 11) is 0. The van der Waals surface area contributed by atoms with E-state index in [0.29, 0.717) is 31.3 Å². The zero-order valence-electron chi connectivity index (χ0n) is 12.9. The van der Waals surface area contributed by atoms with E-state index in [1.807, 2.05) is 6.07 Å². The number of morpholine rings is 1. The van der Waals surface area contributed by atoms with Gasteiger partial charge in [-0.2, -0.15) is 8.78 Å². The van der Waals surface area contributed by atoms with E-state index in [1.54, 1.807) is 6.07 Å². The Morgan fingerprint density at radius 1 is 1.21 bits per heavy atom. The van der Waals surface area contributed by atoms with E-state index in [9.17, 15) is 8.78 Å². The molecule has 2 aromatic rings. The smallest absolute Gasteiger partial charge is 0.387 e. The third kappa shape index (κ3) is 4.48. The number of pyridine rings is 1. The van der Waals surface area contributed by atoms with E-state index in [-0.39, 0.29) is 5.75 Å². The molecule has 3 heterocycles. The predicted molar refractivity (Wildman–Crippen MR) is 83.3 cm³/mol. The van der Waals surface area contributed by atoms with E-state index in [4.69, 9.17) is 4.74 Å². The number of hydrogen-bond acceptors (Lipinski definition) is 7. The molecule has 0 radical (unpaired) electrons. The Labute approximate surface area is 137 Å². The van der Waals surface area contributed by atoms with Gasteiger partial charge in [-0.1, -0.05) is 0 Å². The highest BCUT2D eigenvalue weighted by Gasteiger charge is 2.13. The average molecular weight is 337 g/mol. The average Bonchev–Trinajstić information content (AvgIpc) is 2.62. The van der Waals surface area contributed by atoms with Crippen molar-refractivity contribution in [2.24, 2.45) is 0 Å². The summed E-state index contributed by atoms with van der Waals surface area (Å²) < 4.78 is 33.8. The number of ether oxygens (including phenoxy) is 2. The van der Waals surface area contributed by atoms with E-state index in [2.05, 4.69) is 29.9 Å². The van der Waals surface area contributed by atoms with Gasteiger partial charge in [-0.3, -0.25) is 4.98 Å². The summed E-state index contributed by atoms with van der Waals surface area (Å²) in [5.74, 6) is 1.54. The van der Waals surface area contributed by atoms with Crippen molar-refractivity contribution < 1.29 is 18.3 Å². The van der Waals surface area contributed by atoms with Crippen molar-refractivity contribution in [3.63, 3.8) is 0 Å². The Morgan fingerprint density at radius 3 is 2.75 bits per heavy atom. The minimum absolute atomic E-state index is 0.0328. The molecule has 0 unspecified atom stereocenters. The lowest BCUT2D eigenvalue weighted by molar-refractivity contribution is -0.0500. The molecule has 128 valence electrons. The molecule has 1 fully saturated rings. The van der Waals surface area contributed by atoms with Crippen LogP contribution in [0.1, 0.15) is 5.69 Å². The Bertz CT molecular complexity index is 651. The van der Waals surface area contributed by atoms with Gasteiger partial charge in [-0.15, -0.1) is 0 Å². The number of anilines is 2. The van der Waals surface area contributed by atoms with Crippen LogP contribution in [0.25, 0.3) is 0 Å². The second kappa shape index (κ2) is 7.82. The molecule has 7 nitrogen and oxygen atoms in total. The first-order valence-electron chi connectivity index (χ1n) is 7.49. The first kappa shape index (κ1) is 16.3. The molecular formula is C15H17F2N5O2. The van der Waals surface area contributed by atoms with Crippen molar-refractivity contribution >= 4 is 11.6 Å². The van der Waals surface area contributed by atoms with Crippen LogP contribution < -0.4 is 15.0 Å². The van der Waals surface area contributed by atoms with Crippen LogP contribution in [0.5, 0.6) is 5.75 Å². The molecule has 0 aliphatic carbocycles. The summed E-state index contributed by atoms with van der Waals surface area (Å²) in [6, 6.07) is 4.93. The molecule has 0 aromatic carbocycles. The molecule has 24 heavy (non-hydrogen) atoms. The SMILES string of the molecule is FC(F)Oc1ccc(CNc2cc(N3CCOCC3)ncn2)nc1. The number of nitrogens with zero attached hydrogens (tertiary/aromatic N) is 4. The molecule has 0 amide bonds. The van der Waals surface area contributed by atoms with Gasteiger partial charge in [-0.05, 0) is 12.1 Å². The fourth-order valence-electron chi connectivity index (χ4n) is 2.28. The highest BCUT2D eigenvalue weighted by Crippen LogP contribution is 2.17. The van der Waals surface area contributed by atoms with Crippen LogP contribution >= 0.6 is 0 Å². The molecule has 2 aromatic heterocycles. The predicted octanol–water partition coefficient (Wildman–Crippen LogP) is 1.92. The maximum absolute atomic E-state index is 12.1. The van der Waals surface area contributed by atoms with Gasteiger partial charge in [-0.25, -0.2) is 9.97 Å². The van der Waals surface area contributed by atoms with Crippen molar-refractivity contribution in [3.8, 4) is 5.75 Å². The van der Waals surface area contributed by atoms with Gasteiger partial charge in [0.15, 0.2) is 0 Å². The maximum atomic E-state index is 12.1. The number of nitrogens with one attached hydrogen (secondary N) is 1. The van der Waals surface area contributed by atoms with Gasteiger partial charge < -0.3 is 19.7 Å². The molecule has 3 rings (SSSR count). The quantitative estimate of drug-likeness (QED) is 0.863. The zero-order chi connectivity index (χ0) is 16.8. The molecule has 9 heteroatoms. The first-order valence-corrected chi connectivity index (χ1v) is 7.49. The summed E-state index contributed by atoms with van der Waals surface area (Å²) in [5, 5.41) is 3.14. The topological polar surface area (TPSA) is 72.4 Å². The second-order valence-corrected chi connectivity index (χ2v) is 5.08. The minimum atomic E-state index is -2.85. The van der Waals surface area contributed by atoms with E-state index in [0.717, 1.165) is 18.9 Å². The van der Waals surface area contributed by atoms with Gasteiger partial charge in [0.1, 0.15) is 23.7 Å². The summed E-state index contributed by atoms with van der Waals surface area (Å²) >= 11 is 0. The molecule has 1 N–H and O–H groups in total. The number of hydrogen-bond donors (Lipinski definition) is 1. The number of alkyl halides is 2. The van der Waals surface area contributed by atoms with Crippen molar-refractivity contribution in [1.82, 2.24) is 15.0 Å². The Balaban J connectivity index is 1.58. The molecule has 1 aliphatic heterocycles. The van der Waals surface area contributed by atoms with Crippen LogP contribution in [0.3, 0.4) is 0 Å². The van der Waals surface area contributed by atoms with Crippen LogP contribution in [-0.2, 0) is 11.3 Å². The van der Waals surface area contributed by atoms with Crippen molar-refractivity contribution in [1.29, 1.82) is 0 Å². The summed E-state index contributed by atoms with van der Waals surface area (Å²) in [6.07, 6.45) is 2.77. The lowest BCUT2D eigenvalue weighted by Gasteiger charge is -2.27. The van der Waals surface area contributed by atoms with Gasteiger partial charge in [0.2, 0.25) is 0 Å². The van der Waals surface area contributed by atoms with E-state index >= 15 is 0 Å². The van der Waals surface area contributed by atoms with Gasteiger partial charge in [0.25, 0.3) is 0 Å². The molecule has 0 spiro atoms. The molecule has 1 saturated heterocycles. The Kier molecular flexibility index (Phi) is 5.32. The van der Waals surface area contributed by atoms with Crippen LogP contribution in [0, 0.1) is 0 Å². The van der Waals surface area contributed by atoms with Gasteiger partial charge >= 0.3 is 6.61 Å². The largest absolute Gasteiger partial charge is 0.433 e. The van der Waals surface area contributed by atoms with Crippen LogP contribution in [0.4, 0.5) is 20.4 Å². The summed E-state index contributed by atoms with van der Waals surface area (Å²) in [6.45, 7) is 0.519. The lowest BCUT2D eigenvalue weighted by atomic mass is 10.3. The standard InChI is InChI=1S/C15H17F2N5O2/c16-15(17)24-12-2-1-11(18-9-12)8-19-13-7-14(21-10-20-13)22-3-5-23-6-4-22/h1-2,7,9-10,15H,3-6,8H2,(H,19,20,21). The minimum Gasteiger partial charge on any atom is -0.433 e. The van der Waals surface area contributed by atoms with Crippen molar-refractivity contribution in [2.45, 2.75) is 13.2 Å². The third-order valence-corrected chi connectivity index (χ3v) is 3.46. The lowest BCUT2D eigenvalue weighted by Crippen LogP contribution is -2.36. The number of aromatic nitrogens is 3. The summed E-state index contributed by atoms with van der Waals surface area (Å²) in [5.41, 5.74) is 0.683. The maximum Gasteiger partial charge on any atom is 0.387 e. The van der Waals surface area contributed by atoms with Crippen LogP contribution in [0.15, 0.2) is 30.7 Å². The fourth-order valence-corrected chi connectivity index (χ4v) is 2.28. The monoisotopic (exact) mass is 337 g/mol. The van der Waals surface area contributed by atoms with Crippen molar-refractivity contribution in [3.05, 3.63) is 36.4 Å². The second-order valence-electron chi connectivity index (χ2n) is 5.08. The summed E-state index contributed by atoms with van der Waals surface area (Å²) in [4.78, 5) is 14.6. The van der Waals surface area contributed by atoms with Crippen molar-refractivity contribution in [2.75, 3.05) is 36.5 Å². The third-order valence-electron chi connectivity index (χ3n) is 3.46. The highest BCUT2D eigenvalue weighted by molar-refractivity contribution is 5.48. The Morgan fingerprint density at radius 2 is 2.04 bits per heavy atom. The highest BCUT2D eigenvalue weighted by atomic mass is 19.3. The number of rotatable bonds is 6. The first-order chi connectivity index (χ1) is 11.7. The molecule has 0 saturated carbocycles. The molecular weight excluding hydrogens is 320 g/mol. The van der Waals surface area contributed by atoms with Gasteiger partial charge in [0, 0.05) is 19.2 Å². The fraction of sp³-hybridized carbons (Fsp3) is 0.400. The normalized spacial score (nSPS) is 14.7. The molecule has 0 bridgehead atoms. The van der Waals surface area contributed by atoms with E-state index < -0.39 is 6.61 Å². The Hall–Kier alpha value is -2.55. The van der Waals surface area contributed by atoms with Gasteiger partial charge in [0.05, 0.1) is 31.6 Å². The molecule has 1 aliphatic rings. The van der Waals surface area contributed by atoms with E-state index in [1.165, 1.54) is 18.6 Å². The zero-order valence-corrected chi connectivity index (χ0v) is 12.9. The van der Waals surface area contributed by atoms with Crippen LogP contribution in [-0.4, -0.2) is 47.9 Å². The molecule has 0 atom stereocenters. The number of halogens is 2.